The molecule has 1 aliphatic rings. The van der Waals surface area contributed by atoms with Crippen molar-refractivity contribution in [2.45, 2.75) is 32.2 Å². The van der Waals surface area contributed by atoms with Crippen LogP contribution in [0, 0.1) is 5.82 Å². The number of halogens is 3. The average molecular weight is 478 g/mol. The van der Waals surface area contributed by atoms with Crippen molar-refractivity contribution in [2.24, 2.45) is 0 Å². The van der Waals surface area contributed by atoms with E-state index in [-0.39, 0.29) is 17.4 Å². The maximum atomic E-state index is 13.7. The fourth-order valence-corrected chi connectivity index (χ4v) is 4.54. The molecule has 0 radical (unpaired) electrons. The first-order valence-electron chi connectivity index (χ1n) is 10.7. The molecule has 0 atom stereocenters. The number of nitrogens with zero attached hydrogens (tertiary/aromatic N) is 4. The SMILES string of the molecule is CCN1CCC(n2cc(-c3cnc(N)c(OCCc4c(Cl)ccc(F)c4Cl)c3)cn2)CC1. The number of rotatable bonds is 7. The summed E-state index contributed by atoms with van der Waals surface area (Å²) < 4.78 is 21.6. The van der Waals surface area contributed by atoms with Crippen LogP contribution in [0.25, 0.3) is 11.1 Å². The molecule has 6 nitrogen and oxygen atoms in total. The van der Waals surface area contributed by atoms with E-state index in [1.165, 1.54) is 12.1 Å². The minimum absolute atomic E-state index is 0.0122. The van der Waals surface area contributed by atoms with Crippen molar-refractivity contribution >= 4 is 29.0 Å². The molecule has 1 aromatic carbocycles. The second-order valence-electron chi connectivity index (χ2n) is 7.90. The minimum Gasteiger partial charge on any atom is -0.489 e. The molecule has 170 valence electrons. The number of nitrogens with two attached hydrogens (primary N) is 1. The largest absolute Gasteiger partial charge is 0.489 e. The maximum Gasteiger partial charge on any atom is 0.166 e. The van der Waals surface area contributed by atoms with Crippen LogP contribution in [0.5, 0.6) is 5.75 Å². The van der Waals surface area contributed by atoms with Gasteiger partial charge in [-0.3, -0.25) is 4.68 Å². The van der Waals surface area contributed by atoms with Gasteiger partial charge < -0.3 is 15.4 Å². The van der Waals surface area contributed by atoms with Gasteiger partial charge in [-0.1, -0.05) is 30.1 Å². The molecule has 1 fully saturated rings. The summed E-state index contributed by atoms with van der Waals surface area (Å²) in [5.41, 5.74) is 8.34. The van der Waals surface area contributed by atoms with Crippen molar-refractivity contribution in [1.29, 1.82) is 0 Å². The van der Waals surface area contributed by atoms with Gasteiger partial charge in [-0.25, -0.2) is 9.37 Å². The fraction of sp³-hybridized carbons (Fsp3) is 0.391. The van der Waals surface area contributed by atoms with Crippen LogP contribution in [0.2, 0.25) is 10.0 Å². The van der Waals surface area contributed by atoms with Crippen LogP contribution in [-0.4, -0.2) is 45.9 Å². The summed E-state index contributed by atoms with van der Waals surface area (Å²) in [6.07, 6.45) is 8.13. The molecule has 9 heteroatoms. The molecule has 0 saturated carbocycles. The summed E-state index contributed by atoms with van der Waals surface area (Å²) in [5, 5.41) is 4.99. The zero-order valence-electron chi connectivity index (χ0n) is 17.9. The van der Waals surface area contributed by atoms with Gasteiger partial charge in [0.25, 0.3) is 0 Å². The number of hydrogen-bond donors (Lipinski definition) is 1. The molecular weight excluding hydrogens is 452 g/mol. The van der Waals surface area contributed by atoms with Crippen molar-refractivity contribution in [3.63, 3.8) is 0 Å². The monoisotopic (exact) mass is 477 g/mol. The van der Waals surface area contributed by atoms with E-state index in [1.54, 1.807) is 6.20 Å². The Labute approximate surface area is 197 Å². The zero-order chi connectivity index (χ0) is 22.7. The summed E-state index contributed by atoms with van der Waals surface area (Å²) >= 11 is 12.2. The number of likely N-dealkylation sites (tertiary alicyclic amines) is 1. The molecule has 0 unspecified atom stereocenters. The highest BCUT2D eigenvalue weighted by Crippen LogP contribution is 2.31. The molecule has 0 spiro atoms. The van der Waals surface area contributed by atoms with Gasteiger partial charge in [-0.05, 0) is 43.1 Å². The molecule has 2 N–H and O–H groups in total. The van der Waals surface area contributed by atoms with E-state index in [9.17, 15) is 4.39 Å². The first-order valence-corrected chi connectivity index (χ1v) is 11.5. The number of hydrogen-bond acceptors (Lipinski definition) is 5. The van der Waals surface area contributed by atoms with E-state index in [0.29, 0.717) is 28.8 Å². The Bertz CT molecular complexity index is 1080. The fourth-order valence-electron chi connectivity index (χ4n) is 3.98. The summed E-state index contributed by atoms with van der Waals surface area (Å²) in [6, 6.07) is 4.98. The second kappa shape index (κ2) is 10.1. The maximum absolute atomic E-state index is 13.7. The summed E-state index contributed by atoms with van der Waals surface area (Å²) in [5.74, 6) is 0.228. The highest BCUT2D eigenvalue weighted by molar-refractivity contribution is 6.36. The van der Waals surface area contributed by atoms with E-state index >= 15 is 0 Å². The van der Waals surface area contributed by atoms with Gasteiger partial charge in [0.15, 0.2) is 11.6 Å². The van der Waals surface area contributed by atoms with Crippen LogP contribution in [0.15, 0.2) is 36.8 Å². The van der Waals surface area contributed by atoms with Gasteiger partial charge in [0.05, 0.1) is 23.9 Å². The molecule has 1 saturated heterocycles. The summed E-state index contributed by atoms with van der Waals surface area (Å²) in [4.78, 5) is 6.73. The number of aromatic nitrogens is 3. The van der Waals surface area contributed by atoms with E-state index < -0.39 is 5.82 Å². The normalized spacial score (nSPS) is 15.2. The lowest BCUT2D eigenvalue weighted by Gasteiger charge is -2.31. The number of nitrogen functional groups attached to an aromatic ring is 1. The van der Waals surface area contributed by atoms with Crippen molar-refractivity contribution < 1.29 is 9.13 Å². The van der Waals surface area contributed by atoms with Crippen LogP contribution < -0.4 is 10.5 Å². The van der Waals surface area contributed by atoms with Crippen LogP contribution >= 0.6 is 23.2 Å². The van der Waals surface area contributed by atoms with Crippen molar-refractivity contribution in [1.82, 2.24) is 19.7 Å². The van der Waals surface area contributed by atoms with Gasteiger partial charge in [0, 0.05) is 48.1 Å². The molecule has 0 aliphatic carbocycles. The zero-order valence-corrected chi connectivity index (χ0v) is 19.4. The second-order valence-corrected chi connectivity index (χ2v) is 8.69. The Morgan fingerprint density at radius 3 is 2.72 bits per heavy atom. The summed E-state index contributed by atoms with van der Waals surface area (Å²) in [7, 11) is 0. The van der Waals surface area contributed by atoms with Crippen molar-refractivity contribution in [2.75, 3.05) is 32.0 Å². The number of anilines is 1. The predicted octanol–water partition coefficient (Wildman–Crippen LogP) is 5.25. The third-order valence-electron chi connectivity index (χ3n) is 5.94. The topological polar surface area (TPSA) is 69.2 Å². The minimum atomic E-state index is -0.508. The Morgan fingerprint density at radius 2 is 1.97 bits per heavy atom. The summed E-state index contributed by atoms with van der Waals surface area (Å²) in [6.45, 7) is 5.71. The van der Waals surface area contributed by atoms with Crippen LogP contribution in [0.3, 0.4) is 0 Å². The van der Waals surface area contributed by atoms with Gasteiger partial charge in [0.1, 0.15) is 5.82 Å². The molecule has 0 bridgehead atoms. The Balaban J connectivity index is 1.43. The lowest BCUT2D eigenvalue weighted by atomic mass is 10.1. The Kier molecular flexibility index (Phi) is 7.18. The first-order chi connectivity index (χ1) is 15.5. The van der Waals surface area contributed by atoms with Crippen molar-refractivity contribution in [3.8, 4) is 16.9 Å². The highest BCUT2D eigenvalue weighted by Gasteiger charge is 2.20. The molecule has 2 aromatic heterocycles. The van der Waals surface area contributed by atoms with Crippen LogP contribution in [0.1, 0.15) is 31.4 Å². The van der Waals surface area contributed by atoms with E-state index in [1.807, 2.05) is 16.9 Å². The third-order valence-corrected chi connectivity index (χ3v) is 6.71. The average Bonchev–Trinajstić information content (AvgIpc) is 3.30. The van der Waals surface area contributed by atoms with Gasteiger partial charge >= 0.3 is 0 Å². The van der Waals surface area contributed by atoms with Gasteiger partial charge in [-0.2, -0.15) is 5.10 Å². The molecule has 3 aromatic rings. The molecule has 3 heterocycles. The molecule has 0 amide bonds. The highest BCUT2D eigenvalue weighted by atomic mass is 35.5. The first kappa shape index (κ1) is 22.8. The predicted molar refractivity (Wildman–Crippen MR) is 126 cm³/mol. The van der Waals surface area contributed by atoms with Crippen LogP contribution in [0.4, 0.5) is 10.2 Å². The third kappa shape index (κ3) is 5.00. The van der Waals surface area contributed by atoms with E-state index in [2.05, 4.69) is 28.1 Å². The quantitative estimate of drug-likeness (QED) is 0.470. The van der Waals surface area contributed by atoms with Gasteiger partial charge in [-0.15, -0.1) is 0 Å². The van der Waals surface area contributed by atoms with Gasteiger partial charge in [0.2, 0.25) is 0 Å². The number of benzene rings is 1. The number of ether oxygens (including phenoxy) is 1. The van der Waals surface area contributed by atoms with E-state index in [4.69, 9.17) is 33.7 Å². The Morgan fingerprint density at radius 1 is 1.19 bits per heavy atom. The van der Waals surface area contributed by atoms with E-state index in [0.717, 1.165) is 43.6 Å². The smallest absolute Gasteiger partial charge is 0.166 e. The lowest BCUT2D eigenvalue weighted by molar-refractivity contribution is 0.187. The lowest BCUT2D eigenvalue weighted by Crippen LogP contribution is -2.34. The molecule has 32 heavy (non-hydrogen) atoms. The molecular formula is C23H26Cl2FN5O. The molecule has 4 rings (SSSR count). The number of piperidine rings is 1. The standard InChI is InChI=1S/C23H26Cl2FN5O/c1-2-30-8-5-17(6-9-30)31-14-16(13-29-31)15-11-21(23(27)28-12-15)32-10-7-18-19(24)3-4-20(26)22(18)25/h3-4,11-14,17H,2,5-10H2,1H3,(H2,27,28). The molecule has 1 aliphatic heterocycles. The van der Waals surface area contributed by atoms with Crippen LogP contribution in [-0.2, 0) is 6.42 Å². The van der Waals surface area contributed by atoms with Crippen molar-refractivity contribution in [3.05, 3.63) is 58.2 Å². The number of pyridine rings is 1. The Hall–Kier alpha value is -2.35.